The molecule has 4 saturated heterocycles. The number of nitrogens with zero attached hydrogens (tertiary/aromatic N) is 2. The smallest absolute Gasteiger partial charge is 0.311 e. The normalized spacial score (nSPS) is 35.8. The van der Waals surface area contributed by atoms with E-state index in [1.54, 1.807) is 6.07 Å². The Kier molecular flexibility index (Phi) is 13.5. The SMILES string of the molecule is CN1CC[C@]23c4c5ccc(O)c4O[C@H]2C(=O)CC[C@@]3(O)[C@H]1C5.CN1CC[C@]23c4c5ccc(OC(=O)CCCCC6CCSS6)c4O[C@H]2C(=O)CC[C@@]3(O)[C@H]1C5.O=C(O)CCCCC1CCSS1. The Labute approximate surface area is 408 Å². The number of phenolic OH excluding ortho intramolecular Hbond substituents is 1. The van der Waals surface area contributed by atoms with E-state index < -0.39 is 40.2 Å². The molecule has 0 aromatic heterocycles. The first-order valence-electron chi connectivity index (χ1n) is 24.5. The molecule has 2 unspecified atom stereocenters. The molecule has 6 aliphatic heterocycles. The summed E-state index contributed by atoms with van der Waals surface area (Å²) in [6.07, 6.45) is 12.5. The van der Waals surface area contributed by atoms with Gasteiger partial charge >= 0.3 is 11.9 Å². The van der Waals surface area contributed by atoms with Crippen molar-refractivity contribution in [3.05, 3.63) is 46.5 Å². The van der Waals surface area contributed by atoms with Crippen molar-refractivity contribution in [2.45, 2.75) is 172 Å². The van der Waals surface area contributed by atoms with E-state index in [0.717, 1.165) is 84.4 Å². The van der Waals surface area contributed by atoms with Gasteiger partial charge in [0, 0.05) is 70.9 Å². The number of aliphatic carboxylic acids is 1. The molecule has 12 rings (SSSR count). The summed E-state index contributed by atoms with van der Waals surface area (Å²) in [5, 5.41) is 43.8. The Morgan fingerprint density at radius 2 is 1.22 bits per heavy atom. The van der Waals surface area contributed by atoms with Gasteiger partial charge < -0.3 is 44.4 Å². The van der Waals surface area contributed by atoms with Crippen LogP contribution >= 0.6 is 43.2 Å². The highest BCUT2D eigenvalue weighted by Gasteiger charge is 2.74. The molecule has 67 heavy (non-hydrogen) atoms. The van der Waals surface area contributed by atoms with E-state index in [4.69, 9.17) is 19.3 Å². The van der Waals surface area contributed by atoms with Gasteiger partial charge in [-0.3, -0.25) is 19.2 Å². The van der Waals surface area contributed by atoms with Crippen LogP contribution in [0.5, 0.6) is 23.0 Å². The maximum absolute atomic E-state index is 13.0. The number of likely N-dealkylation sites (N-methyl/N-ethyl adjacent to an activating group) is 2. The average Bonchev–Trinajstić information content (AvgIpc) is 4.14. The molecule has 4 N–H and O–H groups in total. The number of ether oxygens (including phenoxy) is 3. The second kappa shape index (κ2) is 18.8. The summed E-state index contributed by atoms with van der Waals surface area (Å²) < 4.78 is 18.0. The first-order valence-corrected chi connectivity index (χ1v) is 29.2. The van der Waals surface area contributed by atoms with E-state index in [-0.39, 0.29) is 35.4 Å². The van der Waals surface area contributed by atoms with Gasteiger partial charge in [-0.1, -0.05) is 68.1 Å². The topological polar surface area (TPSA) is 183 Å². The van der Waals surface area contributed by atoms with Crippen molar-refractivity contribution < 1.29 is 53.8 Å². The highest BCUT2D eigenvalue weighted by molar-refractivity contribution is 8.77. The summed E-state index contributed by atoms with van der Waals surface area (Å²) in [6, 6.07) is 7.36. The van der Waals surface area contributed by atoms with Gasteiger partial charge in [0.15, 0.2) is 46.8 Å². The molecule has 364 valence electrons. The first-order chi connectivity index (χ1) is 32.2. The number of aromatic hydroxyl groups is 1. The van der Waals surface area contributed by atoms with Gasteiger partial charge in [0.05, 0.1) is 22.0 Å². The Hall–Kier alpha value is -2.64. The number of carbonyl (C=O) groups excluding carboxylic acids is 3. The maximum atomic E-state index is 13.0. The Balaban J connectivity index is 0.000000132. The van der Waals surface area contributed by atoms with Crippen LogP contribution in [0.25, 0.3) is 0 Å². The van der Waals surface area contributed by atoms with Crippen LogP contribution in [0.1, 0.15) is 125 Å². The highest BCUT2D eigenvalue weighted by atomic mass is 33.1. The number of benzene rings is 2. The molecule has 10 aliphatic rings. The number of hydrogen-bond donors (Lipinski definition) is 4. The number of unbranched alkanes of at least 4 members (excludes halogenated alkanes) is 2. The minimum Gasteiger partial charge on any atom is -0.504 e. The number of likely N-dealkylation sites (tertiary alicyclic amines) is 2. The fraction of sp³-hybridized carbons (Fsp3) is 0.680. The Morgan fingerprint density at radius 3 is 1.75 bits per heavy atom. The molecule has 6 fully saturated rings. The molecule has 10 atom stereocenters. The molecule has 13 nitrogen and oxygen atoms in total. The fourth-order valence-electron chi connectivity index (χ4n) is 13.7. The second-order valence-electron chi connectivity index (χ2n) is 20.5. The van der Waals surface area contributed by atoms with Gasteiger partial charge in [-0.05, 0) is 127 Å². The third-order valence-electron chi connectivity index (χ3n) is 17.0. The molecule has 2 aromatic rings. The van der Waals surface area contributed by atoms with Crippen LogP contribution in [0, 0.1) is 0 Å². The predicted molar refractivity (Wildman–Crippen MR) is 262 cm³/mol. The molecule has 0 amide bonds. The molecule has 2 aromatic carbocycles. The zero-order valence-electron chi connectivity index (χ0n) is 38.5. The molecule has 2 spiro atoms. The van der Waals surface area contributed by atoms with Crippen molar-refractivity contribution in [3.63, 3.8) is 0 Å². The number of rotatable bonds is 11. The van der Waals surface area contributed by atoms with Crippen molar-refractivity contribution in [1.29, 1.82) is 0 Å². The van der Waals surface area contributed by atoms with Gasteiger partial charge in [-0.15, -0.1) is 0 Å². The molecule has 2 saturated carbocycles. The van der Waals surface area contributed by atoms with Crippen molar-refractivity contribution in [1.82, 2.24) is 9.80 Å². The largest absolute Gasteiger partial charge is 0.504 e. The third kappa shape index (κ3) is 7.94. The Morgan fingerprint density at radius 1 is 0.716 bits per heavy atom. The number of hydrogen-bond acceptors (Lipinski definition) is 16. The van der Waals surface area contributed by atoms with Crippen LogP contribution in [0.2, 0.25) is 0 Å². The maximum Gasteiger partial charge on any atom is 0.311 e. The first kappa shape index (κ1) is 48.0. The van der Waals surface area contributed by atoms with Crippen LogP contribution < -0.4 is 14.2 Å². The minimum absolute atomic E-state index is 0.00319. The summed E-state index contributed by atoms with van der Waals surface area (Å²) in [5.74, 6) is 3.11. The third-order valence-corrected chi connectivity index (χ3v) is 23.1. The van der Waals surface area contributed by atoms with Crippen LogP contribution in [0.4, 0.5) is 0 Å². The monoisotopic (exact) mass is 996 g/mol. The quantitative estimate of drug-likeness (QED) is 0.0767. The molecule has 0 radical (unpaired) electrons. The van der Waals surface area contributed by atoms with E-state index >= 15 is 0 Å². The lowest BCUT2D eigenvalue weighted by Crippen LogP contribution is -2.76. The van der Waals surface area contributed by atoms with Crippen LogP contribution in [-0.2, 0) is 42.8 Å². The van der Waals surface area contributed by atoms with Crippen molar-refractivity contribution in [2.75, 3.05) is 38.7 Å². The number of piperidine rings is 2. The lowest BCUT2D eigenvalue weighted by molar-refractivity contribution is -0.185. The number of carbonyl (C=O) groups is 4. The summed E-state index contributed by atoms with van der Waals surface area (Å²) in [4.78, 5) is 52.8. The standard InChI is InChI=1S/C25H31NO5S2.C17H19NO4.C8H14O2S2/c1-26-12-11-24-21-15-6-7-18(30-20(28)5-3-2-4-16-9-13-32-33-16)22(21)31-23(24)17(27)8-10-25(24,29)19(26)14-15;1-18-7-6-16-13-9-2-3-10(19)14(13)22-15(16)11(20)4-5-17(16,21)12(18)8-9;9-8(10)4-2-1-3-7-5-6-11-12-7/h6-7,16,19,23,29H,2-5,8-14H2,1H3;2-3,12,15,19,21H,4-8H2,1H3;7H,1-6H2,(H,9,10)/t16?,19-,23+,24+,25-;12-,15+,16+,17-;/m11./s1. The average molecular weight is 997 g/mol. The van der Waals surface area contributed by atoms with E-state index in [2.05, 4.69) is 16.8 Å². The number of Topliss-reactive ketones (excluding diaryl/α,β-unsaturated/α-hetero) is 2. The molecular formula is C50H64N2O11S4. The zero-order valence-corrected chi connectivity index (χ0v) is 41.8. The van der Waals surface area contributed by atoms with Gasteiger partial charge in [0.2, 0.25) is 0 Å². The predicted octanol–water partition coefficient (Wildman–Crippen LogP) is 7.19. The van der Waals surface area contributed by atoms with E-state index in [0.29, 0.717) is 75.0 Å². The molecular weight excluding hydrogens is 933 g/mol. The fourth-order valence-corrected chi connectivity index (χ4v) is 19.8. The molecule has 4 aliphatic carbocycles. The molecule has 4 bridgehead atoms. The highest BCUT2D eigenvalue weighted by Crippen LogP contribution is 2.66. The second-order valence-corrected chi connectivity index (χ2v) is 26.1. The van der Waals surface area contributed by atoms with Crippen molar-refractivity contribution >= 4 is 66.7 Å². The van der Waals surface area contributed by atoms with Crippen LogP contribution in [0.15, 0.2) is 24.3 Å². The van der Waals surface area contributed by atoms with Crippen LogP contribution in [0.3, 0.4) is 0 Å². The number of carboxylic acid groups (broad SMARTS) is 1. The molecule has 17 heteroatoms. The summed E-state index contributed by atoms with van der Waals surface area (Å²) in [5.41, 5.74) is 0.663. The van der Waals surface area contributed by atoms with Gasteiger partial charge in [-0.2, -0.15) is 0 Å². The van der Waals surface area contributed by atoms with E-state index in [1.165, 1.54) is 30.8 Å². The number of aliphatic hydroxyl groups is 2. The number of carboxylic acids is 1. The summed E-state index contributed by atoms with van der Waals surface area (Å²) in [6.45, 7) is 1.63. The molecule has 6 heterocycles. The van der Waals surface area contributed by atoms with E-state index in [1.807, 2.05) is 68.4 Å². The Bertz CT molecular complexity index is 2290. The van der Waals surface area contributed by atoms with Gasteiger partial charge in [0.1, 0.15) is 0 Å². The number of phenols is 1. The van der Waals surface area contributed by atoms with Crippen molar-refractivity contribution in [2.24, 2.45) is 0 Å². The zero-order chi connectivity index (χ0) is 46.9. The lowest BCUT2D eigenvalue weighted by Gasteiger charge is -2.62. The minimum atomic E-state index is -1.00. The summed E-state index contributed by atoms with van der Waals surface area (Å²) >= 11 is 0. The number of esters is 1. The number of ketones is 2. The van der Waals surface area contributed by atoms with E-state index in [9.17, 15) is 34.5 Å². The van der Waals surface area contributed by atoms with Gasteiger partial charge in [0.25, 0.3) is 0 Å². The summed E-state index contributed by atoms with van der Waals surface area (Å²) in [7, 11) is 11.9. The van der Waals surface area contributed by atoms with Gasteiger partial charge in [-0.25, -0.2) is 0 Å². The lowest BCUT2D eigenvalue weighted by atomic mass is 9.49. The van der Waals surface area contributed by atoms with Crippen LogP contribution in [-0.4, -0.2) is 138 Å². The van der Waals surface area contributed by atoms with Crippen molar-refractivity contribution in [3.8, 4) is 23.0 Å².